The van der Waals surface area contributed by atoms with Crippen LogP contribution < -0.4 is 20.7 Å². The zero-order valence-electron chi connectivity index (χ0n) is 20.5. The van der Waals surface area contributed by atoms with E-state index in [1.165, 1.54) is 18.5 Å². The zero-order chi connectivity index (χ0) is 26.5. The minimum absolute atomic E-state index is 0.0321. The van der Waals surface area contributed by atoms with Crippen molar-refractivity contribution in [3.63, 3.8) is 0 Å². The predicted octanol–water partition coefficient (Wildman–Crippen LogP) is 4.69. The maximum atomic E-state index is 13.4. The monoisotopic (exact) mass is 540 g/mol. The molecule has 3 heterocycles. The van der Waals surface area contributed by atoms with Crippen LogP contribution in [-0.4, -0.2) is 53.1 Å². The lowest BCUT2D eigenvalue weighted by Crippen LogP contribution is -2.44. The lowest BCUT2D eigenvalue weighted by atomic mass is 10.2. The van der Waals surface area contributed by atoms with Gasteiger partial charge in [-0.1, -0.05) is 23.7 Å². The van der Waals surface area contributed by atoms with Crippen LogP contribution in [-0.2, 0) is 16.1 Å². The second kappa shape index (κ2) is 11.6. The summed E-state index contributed by atoms with van der Waals surface area (Å²) in [6, 6.07) is 11.4. The lowest BCUT2D eigenvalue weighted by Gasteiger charge is -2.23. The Bertz CT molecular complexity index is 1440. The number of hydrogen-bond acceptors (Lipinski definition) is 8. The summed E-state index contributed by atoms with van der Waals surface area (Å²) in [5, 5.41) is 13.9. The molecule has 4 aromatic rings. The topological polar surface area (TPSA) is 111 Å². The van der Waals surface area contributed by atoms with E-state index in [0.29, 0.717) is 52.3 Å². The summed E-state index contributed by atoms with van der Waals surface area (Å²) in [5.74, 6) is 0.663. The number of nitrogens with zero attached hydrogens (tertiary/aromatic N) is 3. The number of nitrogens with one attached hydrogen (secondary N) is 3. The summed E-state index contributed by atoms with van der Waals surface area (Å²) in [6.07, 6.45) is 2.53. The van der Waals surface area contributed by atoms with E-state index in [9.17, 15) is 9.18 Å². The molecule has 1 aliphatic rings. The molecule has 1 aliphatic heterocycles. The van der Waals surface area contributed by atoms with E-state index >= 15 is 0 Å². The molecule has 1 saturated heterocycles. The van der Waals surface area contributed by atoms with Crippen molar-refractivity contribution in [2.24, 2.45) is 0 Å². The first-order valence-electron chi connectivity index (χ1n) is 12.0. The highest BCUT2D eigenvalue weighted by molar-refractivity contribution is 6.32. The van der Waals surface area contributed by atoms with Gasteiger partial charge in [-0.05, 0) is 42.8 Å². The van der Waals surface area contributed by atoms with E-state index in [1.54, 1.807) is 41.0 Å². The molecule has 0 aliphatic carbocycles. The third-order valence-corrected chi connectivity index (χ3v) is 6.25. The number of hydrogen-bond donors (Lipinski definition) is 3. The number of aromatic nitrogens is 3. The van der Waals surface area contributed by atoms with Crippen molar-refractivity contribution < 1.29 is 23.4 Å². The second-order valence-electron chi connectivity index (χ2n) is 8.71. The Morgan fingerprint density at radius 1 is 1.32 bits per heavy atom. The van der Waals surface area contributed by atoms with E-state index in [0.717, 1.165) is 12.1 Å². The highest BCUT2D eigenvalue weighted by Crippen LogP contribution is 2.32. The number of anilines is 3. The minimum atomic E-state index is -0.570. The summed E-state index contributed by atoms with van der Waals surface area (Å²) in [6.45, 7) is 4.11. The molecular weight excluding hydrogens is 515 g/mol. The Kier molecular flexibility index (Phi) is 7.87. The molecule has 5 rings (SSSR count). The van der Waals surface area contributed by atoms with Gasteiger partial charge in [0.25, 0.3) is 0 Å². The first-order valence-corrected chi connectivity index (χ1v) is 12.4. The Balaban J connectivity index is 1.26. The van der Waals surface area contributed by atoms with Crippen LogP contribution in [0.2, 0.25) is 5.02 Å². The van der Waals surface area contributed by atoms with E-state index < -0.39 is 6.09 Å². The molecule has 2 aromatic heterocycles. The Morgan fingerprint density at radius 3 is 3.00 bits per heavy atom. The fourth-order valence-electron chi connectivity index (χ4n) is 4.05. The van der Waals surface area contributed by atoms with Gasteiger partial charge < -0.3 is 24.8 Å². The maximum Gasteiger partial charge on any atom is 0.411 e. The van der Waals surface area contributed by atoms with Crippen LogP contribution in [0.25, 0.3) is 5.52 Å². The number of halogens is 2. The van der Waals surface area contributed by atoms with Gasteiger partial charge in [-0.3, -0.25) is 5.32 Å². The van der Waals surface area contributed by atoms with Crippen LogP contribution >= 0.6 is 11.6 Å². The number of benzene rings is 2. The normalized spacial score (nSPS) is 15.3. The number of ether oxygens (including phenoxy) is 3. The van der Waals surface area contributed by atoms with Gasteiger partial charge in [0.15, 0.2) is 5.82 Å². The largest absolute Gasteiger partial charge is 0.487 e. The number of carbonyl (C=O) groups excluding carboxylic acids is 1. The molecule has 1 amide bonds. The number of amides is 1. The van der Waals surface area contributed by atoms with Gasteiger partial charge in [-0.25, -0.2) is 18.7 Å². The molecule has 0 saturated carbocycles. The van der Waals surface area contributed by atoms with Crippen molar-refractivity contribution in [3.8, 4) is 5.75 Å². The summed E-state index contributed by atoms with van der Waals surface area (Å²) < 4.78 is 31.5. The van der Waals surface area contributed by atoms with Crippen LogP contribution in [0.3, 0.4) is 0 Å². The molecule has 3 N–H and O–H groups in total. The summed E-state index contributed by atoms with van der Waals surface area (Å²) in [5.41, 5.74) is 3.34. The van der Waals surface area contributed by atoms with Gasteiger partial charge in [0, 0.05) is 17.8 Å². The van der Waals surface area contributed by atoms with Crippen molar-refractivity contribution in [3.05, 3.63) is 77.0 Å². The standard InChI is InChI=1S/C26H26ClFN6O4/c1-16-22(33-26(35)38-14-20-13-36-8-7-29-20)11-34-24(16)25(30-15-31-34)32-19-5-6-23(21(27)10-19)37-12-17-3-2-4-18(28)9-17/h2-6,9-11,15,20,29H,7-8,12-14H2,1H3,(H,33,35)(H,30,31,32). The van der Waals surface area contributed by atoms with E-state index in [4.69, 9.17) is 25.8 Å². The first kappa shape index (κ1) is 25.7. The SMILES string of the molecule is Cc1c(NC(=O)OCC2COCCN2)cn2ncnc(Nc3ccc(OCc4cccc(F)c4)c(Cl)c3)c12. The Morgan fingerprint density at radius 2 is 2.21 bits per heavy atom. The highest BCUT2D eigenvalue weighted by atomic mass is 35.5. The molecule has 2 aromatic carbocycles. The average Bonchev–Trinajstić information content (AvgIpc) is 3.23. The van der Waals surface area contributed by atoms with Crippen molar-refractivity contribution >= 4 is 40.4 Å². The van der Waals surface area contributed by atoms with Gasteiger partial charge in [0.1, 0.15) is 36.6 Å². The van der Waals surface area contributed by atoms with Gasteiger partial charge in [-0.15, -0.1) is 0 Å². The second-order valence-corrected chi connectivity index (χ2v) is 9.12. The fourth-order valence-corrected chi connectivity index (χ4v) is 4.28. The average molecular weight is 541 g/mol. The van der Waals surface area contributed by atoms with Crippen LogP contribution in [0, 0.1) is 12.7 Å². The Labute approximate surface area is 223 Å². The molecule has 10 nitrogen and oxygen atoms in total. The molecule has 1 fully saturated rings. The summed E-state index contributed by atoms with van der Waals surface area (Å²) in [4.78, 5) is 16.8. The summed E-state index contributed by atoms with van der Waals surface area (Å²) in [7, 11) is 0. The van der Waals surface area contributed by atoms with Gasteiger partial charge in [0.05, 0.1) is 36.2 Å². The lowest BCUT2D eigenvalue weighted by molar-refractivity contribution is 0.0494. The molecule has 12 heteroatoms. The van der Waals surface area contributed by atoms with Crippen molar-refractivity contribution in [1.29, 1.82) is 0 Å². The number of carbonyl (C=O) groups is 1. The van der Waals surface area contributed by atoms with Gasteiger partial charge in [0.2, 0.25) is 0 Å². The predicted molar refractivity (Wildman–Crippen MR) is 141 cm³/mol. The smallest absolute Gasteiger partial charge is 0.411 e. The quantitative estimate of drug-likeness (QED) is 0.295. The van der Waals surface area contributed by atoms with E-state index in [1.807, 2.05) is 6.92 Å². The van der Waals surface area contributed by atoms with E-state index in [2.05, 4.69) is 26.0 Å². The molecule has 0 bridgehead atoms. The van der Waals surface area contributed by atoms with Crippen molar-refractivity contribution in [2.75, 3.05) is 37.0 Å². The van der Waals surface area contributed by atoms with Gasteiger partial charge in [-0.2, -0.15) is 5.10 Å². The zero-order valence-corrected chi connectivity index (χ0v) is 21.3. The number of fused-ring (bicyclic) bond motifs is 1. The first-order chi connectivity index (χ1) is 18.5. The molecule has 198 valence electrons. The van der Waals surface area contributed by atoms with Crippen LogP contribution in [0.4, 0.5) is 26.4 Å². The summed E-state index contributed by atoms with van der Waals surface area (Å²) >= 11 is 6.44. The van der Waals surface area contributed by atoms with Crippen molar-refractivity contribution in [2.45, 2.75) is 19.6 Å². The third kappa shape index (κ3) is 6.13. The number of aryl methyl sites for hydroxylation is 1. The van der Waals surface area contributed by atoms with Crippen LogP contribution in [0.1, 0.15) is 11.1 Å². The maximum absolute atomic E-state index is 13.4. The molecule has 0 spiro atoms. The molecule has 38 heavy (non-hydrogen) atoms. The fraction of sp³-hybridized carbons (Fsp3) is 0.269. The molecule has 0 radical (unpaired) electrons. The Hall–Kier alpha value is -3.93. The van der Waals surface area contributed by atoms with E-state index in [-0.39, 0.29) is 25.1 Å². The number of rotatable bonds is 8. The molecule has 1 unspecified atom stereocenters. The third-order valence-electron chi connectivity index (χ3n) is 5.96. The highest BCUT2D eigenvalue weighted by Gasteiger charge is 2.18. The molecular formula is C26H26ClFN6O4. The van der Waals surface area contributed by atoms with Crippen molar-refractivity contribution in [1.82, 2.24) is 19.9 Å². The van der Waals surface area contributed by atoms with Crippen LogP contribution in [0.5, 0.6) is 5.75 Å². The van der Waals surface area contributed by atoms with Crippen LogP contribution in [0.15, 0.2) is 55.0 Å². The van der Waals surface area contributed by atoms with Gasteiger partial charge >= 0.3 is 6.09 Å². The molecule has 1 atom stereocenters. The number of morpholine rings is 1. The minimum Gasteiger partial charge on any atom is -0.487 e.